The van der Waals surface area contributed by atoms with Gasteiger partial charge in [-0.25, -0.2) is 0 Å². The Balaban J connectivity index is 1.65. The van der Waals surface area contributed by atoms with Gasteiger partial charge in [-0.1, -0.05) is 17.7 Å². The van der Waals surface area contributed by atoms with Crippen molar-refractivity contribution in [3.63, 3.8) is 0 Å². The van der Waals surface area contributed by atoms with Crippen molar-refractivity contribution in [2.24, 2.45) is 10.2 Å². The maximum Gasteiger partial charge on any atom is 0.267 e. The van der Waals surface area contributed by atoms with Crippen LogP contribution in [-0.2, 0) is 11.3 Å². The van der Waals surface area contributed by atoms with E-state index in [1.165, 1.54) is 28.9 Å². The average Bonchev–Trinajstić information content (AvgIpc) is 3.45. The summed E-state index contributed by atoms with van der Waals surface area (Å²) in [5.41, 5.74) is 1.17. The summed E-state index contributed by atoms with van der Waals surface area (Å²) in [6.45, 7) is 0.193. The fourth-order valence-electron chi connectivity index (χ4n) is 3.14. The normalized spacial score (nSPS) is 16.2. The number of methoxy groups -OCH3 is 2. The second kappa shape index (κ2) is 10.5. The smallest absolute Gasteiger partial charge is 0.267 e. The van der Waals surface area contributed by atoms with Crippen LogP contribution in [0.4, 0.5) is 0 Å². The number of amidine groups is 1. The van der Waals surface area contributed by atoms with E-state index in [0.29, 0.717) is 37.9 Å². The molecule has 0 atom stereocenters. The Hall–Kier alpha value is -3.69. The lowest BCUT2D eigenvalue weighted by molar-refractivity contribution is -0.122. The Bertz CT molecular complexity index is 1290. The molecule has 0 unspecified atom stereocenters. The van der Waals surface area contributed by atoms with Gasteiger partial charge in [-0.2, -0.15) is 5.10 Å². The second-order valence-electron chi connectivity index (χ2n) is 7.03. The van der Waals surface area contributed by atoms with Gasteiger partial charge in [0.2, 0.25) is 0 Å². The molecule has 0 spiro atoms. The highest BCUT2D eigenvalue weighted by molar-refractivity contribution is 8.18. The molecule has 3 aromatic rings. The summed E-state index contributed by atoms with van der Waals surface area (Å²) in [4.78, 5) is 15.1. The van der Waals surface area contributed by atoms with Crippen LogP contribution in [0.25, 0.3) is 6.08 Å². The Labute approximate surface area is 205 Å². The second-order valence-corrected chi connectivity index (χ2v) is 8.47. The number of furan rings is 1. The minimum atomic E-state index is -0.240. The number of benzene rings is 2. The molecule has 1 aliphatic rings. The van der Waals surface area contributed by atoms with Gasteiger partial charge in [0, 0.05) is 10.6 Å². The molecule has 34 heavy (non-hydrogen) atoms. The zero-order valence-electron chi connectivity index (χ0n) is 18.3. The van der Waals surface area contributed by atoms with Crippen LogP contribution in [0.15, 0.2) is 74.3 Å². The van der Waals surface area contributed by atoms with Gasteiger partial charge in [0.05, 0.1) is 38.1 Å². The number of hydrogen-bond donors (Lipinski definition) is 1. The van der Waals surface area contributed by atoms with E-state index in [-0.39, 0.29) is 18.2 Å². The van der Waals surface area contributed by atoms with E-state index >= 15 is 0 Å². The molecule has 1 N–H and O–H groups in total. The van der Waals surface area contributed by atoms with Gasteiger partial charge in [0.15, 0.2) is 16.7 Å². The molecule has 0 radical (unpaired) electrons. The maximum atomic E-state index is 13.2. The van der Waals surface area contributed by atoms with Crippen LogP contribution in [0.1, 0.15) is 16.9 Å². The van der Waals surface area contributed by atoms with Crippen molar-refractivity contribution in [2.45, 2.75) is 6.54 Å². The summed E-state index contributed by atoms with van der Waals surface area (Å²) < 4.78 is 16.0. The van der Waals surface area contributed by atoms with Crippen molar-refractivity contribution in [1.29, 1.82) is 0 Å². The third-order valence-electron chi connectivity index (χ3n) is 4.82. The number of aromatic hydroxyl groups is 1. The van der Waals surface area contributed by atoms with Crippen LogP contribution in [0.5, 0.6) is 17.2 Å². The Morgan fingerprint density at radius 1 is 1.15 bits per heavy atom. The van der Waals surface area contributed by atoms with E-state index in [2.05, 4.69) is 10.2 Å². The van der Waals surface area contributed by atoms with E-state index < -0.39 is 0 Å². The van der Waals surface area contributed by atoms with Crippen molar-refractivity contribution in [2.75, 3.05) is 14.2 Å². The first-order chi connectivity index (χ1) is 16.5. The molecule has 1 aliphatic heterocycles. The fourth-order valence-corrected chi connectivity index (χ4v) is 4.26. The number of carbonyl (C=O) groups is 1. The molecule has 2 heterocycles. The third kappa shape index (κ3) is 5.27. The van der Waals surface area contributed by atoms with Crippen molar-refractivity contribution in [3.05, 3.63) is 81.6 Å². The number of phenols is 1. The predicted octanol–water partition coefficient (Wildman–Crippen LogP) is 5.16. The summed E-state index contributed by atoms with van der Waals surface area (Å²) in [7, 11) is 3.11. The summed E-state index contributed by atoms with van der Waals surface area (Å²) in [6.07, 6.45) is 4.67. The van der Waals surface area contributed by atoms with E-state index in [4.69, 9.17) is 25.5 Å². The van der Waals surface area contributed by atoms with Crippen molar-refractivity contribution in [3.8, 4) is 17.2 Å². The van der Waals surface area contributed by atoms with Crippen LogP contribution in [0, 0.1) is 0 Å². The van der Waals surface area contributed by atoms with Crippen molar-refractivity contribution >= 4 is 46.7 Å². The van der Waals surface area contributed by atoms with Gasteiger partial charge in [-0.05, 0) is 65.9 Å². The molecular formula is C24H20ClN3O5S. The lowest BCUT2D eigenvalue weighted by Gasteiger charge is -2.12. The molecule has 10 heteroatoms. The maximum absolute atomic E-state index is 13.2. The summed E-state index contributed by atoms with van der Waals surface area (Å²) in [6, 6.07) is 13.5. The SMILES string of the molecule is COc1ccc(/C=C2\S/C(=N\N=C\c3cc(Cl)ccc3O)N(Cc3ccco3)C2=O)cc1OC. The lowest BCUT2D eigenvalue weighted by atomic mass is 10.2. The highest BCUT2D eigenvalue weighted by Gasteiger charge is 2.34. The summed E-state index contributed by atoms with van der Waals surface area (Å²) in [5.74, 6) is 1.53. The average molecular weight is 498 g/mol. The topological polar surface area (TPSA) is 96.9 Å². The van der Waals surface area contributed by atoms with Crippen LogP contribution < -0.4 is 9.47 Å². The molecule has 1 saturated heterocycles. The molecule has 0 aliphatic carbocycles. The van der Waals surface area contributed by atoms with Gasteiger partial charge < -0.3 is 19.0 Å². The van der Waals surface area contributed by atoms with E-state index in [1.54, 1.807) is 63.0 Å². The molecule has 1 aromatic heterocycles. The van der Waals surface area contributed by atoms with Crippen LogP contribution in [0.2, 0.25) is 5.02 Å². The Morgan fingerprint density at radius 2 is 1.97 bits per heavy atom. The van der Waals surface area contributed by atoms with Gasteiger partial charge in [-0.3, -0.25) is 9.69 Å². The first-order valence-corrected chi connectivity index (χ1v) is 11.2. The molecule has 1 fully saturated rings. The summed E-state index contributed by atoms with van der Waals surface area (Å²) >= 11 is 7.16. The quantitative estimate of drug-likeness (QED) is 0.275. The first-order valence-electron chi connectivity index (χ1n) is 10.0. The van der Waals surface area contributed by atoms with Crippen LogP contribution >= 0.6 is 23.4 Å². The molecule has 4 rings (SSSR count). The number of phenolic OH excluding ortho intramolecular Hbond substituents is 1. The van der Waals surface area contributed by atoms with Crippen LogP contribution in [0.3, 0.4) is 0 Å². The van der Waals surface area contributed by atoms with Gasteiger partial charge >= 0.3 is 0 Å². The number of thioether (sulfide) groups is 1. The van der Waals surface area contributed by atoms with Crippen molar-refractivity contribution < 1.29 is 23.8 Å². The van der Waals surface area contributed by atoms with E-state index in [9.17, 15) is 9.90 Å². The largest absolute Gasteiger partial charge is 0.507 e. The molecule has 2 aromatic carbocycles. The van der Waals surface area contributed by atoms with Gasteiger partial charge in [0.25, 0.3) is 5.91 Å². The number of ether oxygens (including phenoxy) is 2. The van der Waals surface area contributed by atoms with Crippen molar-refractivity contribution in [1.82, 2.24) is 4.90 Å². The zero-order valence-corrected chi connectivity index (χ0v) is 19.8. The molecule has 8 nitrogen and oxygen atoms in total. The molecule has 0 bridgehead atoms. The summed E-state index contributed by atoms with van der Waals surface area (Å²) in [5, 5.41) is 19.1. The molecule has 1 amide bonds. The highest BCUT2D eigenvalue weighted by atomic mass is 35.5. The predicted molar refractivity (Wildman–Crippen MR) is 133 cm³/mol. The van der Waals surface area contributed by atoms with Gasteiger partial charge in [-0.15, -0.1) is 5.10 Å². The number of nitrogens with zero attached hydrogens (tertiary/aromatic N) is 3. The van der Waals surface area contributed by atoms with Gasteiger partial charge in [0.1, 0.15) is 11.5 Å². The fraction of sp³-hybridized carbons (Fsp3) is 0.125. The number of halogens is 1. The number of rotatable bonds is 7. The third-order valence-corrected chi connectivity index (χ3v) is 6.05. The minimum absolute atomic E-state index is 0.0185. The van der Waals surface area contributed by atoms with E-state index in [1.807, 2.05) is 6.07 Å². The van der Waals surface area contributed by atoms with E-state index in [0.717, 1.165) is 5.56 Å². The Kier molecular flexibility index (Phi) is 7.24. The molecule has 174 valence electrons. The van der Waals surface area contributed by atoms with Crippen LogP contribution in [-0.4, -0.2) is 41.5 Å². The molecular weight excluding hydrogens is 478 g/mol. The minimum Gasteiger partial charge on any atom is -0.507 e. The number of carbonyl (C=O) groups excluding carboxylic acids is 1. The first kappa shape index (κ1) is 23.5. The lowest BCUT2D eigenvalue weighted by Crippen LogP contribution is -2.28. The standard InChI is InChI=1S/C24H20ClN3O5S/c1-31-20-8-5-15(10-21(20)32-2)11-22-23(30)28(14-18-4-3-9-33-18)24(34-22)27-26-13-16-12-17(25)6-7-19(16)29/h3-13,29H,14H2,1-2H3/b22-11-,26-13+,27-24-. The highest BCUT2D eigenvalue weighted by Crippen LogP contribution is 2.35. The number of hydrogen-bond acceptors (Lipinski definition) is 8. The molecule has 0 saturated carbocycles. The number of amides is 1. The zero-order chi connectivity index (χ0) is 24.1. The monoisotopic (exact) mass is 497 g/mol. The Morgan fingerprint density at radius 3 is 2.71 bits per heavy atom.